The maximum atomic E-state index is 12.3. The van der Waals surface area contributed by atoms with Crippen LogP contribution in [0.2, 0.25) is 0 Å². The van der Waals surface area contributed by atoms with Crippen LogP contribution >= 0.6 is 0 Å². The second kappa shape index (κ2) is 8.78. The van der Waals surface area contributed by atoms with Crippen LogP contribution in [0.1, 0.15) is 17.5 Å². The van der Waals surface area contributed by atoms with E-state index in [4.69, 9.17) is 9.47 Å². The van der Waals surface area contributed by atoms with Crippen molar-refractivity contribution < 1.29 is 19.1 Å². The molecule has 6 heteroatoms. The highest BCUT2D eigenvalue weighted by Crippen LogP contribution is 2.39. The van der Waals surface area contributed by atoms with E-state index in [9.17, 15) is 9.59 Å². The molecule has 0 spiro atoms. The molecule has 0 radical (unpaired) electrons. The summed E-state index contributed by atoms with van der Waals surface area (Å²) in [7, 11) is 3.19. The molecule has 28 heavy (non-hydrogen) atoms. The predicted molar refractivity (Wildman–Crippen MR) is 108 cm³/mol. The number of aryl methyl sites for hydroxylation is 1. The van der Waals surface area contributed by atoms with Crippen molar-refractivity contribution in [2.24, 2.45) is 11.8 Å². The average Bonchev–Trinajstić information content (AvgIpc) is 3.49. The molecule has 1 saturated carbocycles. The fraction of sp³-hybridized carbons (Fsp3) is 0.364. The van der Waals surface area contributed by atoms with Gasteiger partial charge in [0, 0.05) is 12.2 Å². The molecule has 2 N–H and O–H groups in total. The second-order valence-corrected chi connectivity index (χ2v) is 7.04. The number of methoxy groups -OCH3 is 2. The lowest BCUT2D eigenvalue weighted by Gasteiger charge is -2.10. The molecule has 2 amide bonds. The van der Waals surface area contributed by atoms with Crippen LogP contribution in [0.5, 0.6) is 11.5 Å². The number of anilines is 1. The van der Waals surface area contributed by atoms with Gasteiger partial charge in [-0.2, -0.15) is 0 Å². The summed E-state index contributed by atoms with van der Waals surface area (Å²) in [6.45, 7) is 2.48. The van der Waals surface area contributed by atoms with E-state index in [1.54, 1.807) is 14.2 Å². The van der Waals surface area contributed by atoms with Crippen molar-refractivity contribution in [3.05, 3.63) is 53.6 Å². The minimum atomic E-state index is -0.249. The molecule has 3 rings (SSSR count). The van der Waals surface area contributed by atoms with Crippen LogP contribution < -0.4 is 20.1 Å². The van der Waals surface area contributed by atoms with E-state index in [1.165, 1.54) is 0 Å². The standard InChI is InChI=1S/C22H26N2O4/c1-14-5-4-6-16(11-14)24-22(26)18-13-17(18)21(25)23-10-9-15-7-8-19(27-2)20(12-15)28-3/h4-8,11-12,17-18H,9-10,13H2,1-3H3,(H,23,25)(H,24,26). The van der Waals surface area contributed by atoms with Crippen molar-refractivity contribution in [3.8, 4) is 11.5 Å². The molecule has 2 aromatic rings. The van der Waals surface area contributed by atoms with E-state index in [0.717, 1.165) is 16.8 Å². The van der Waals surface area contributed by atoms with Crippen molar-refractivity contribution in [2.45, 2.75) is 19.8 Å². The molecule has 6 nitrogen and oxygen atoms in total. The van der Waals surface area contributed by atoms with E-state index in [0.29, 0.717) is 30.9 Å². The Kier molecular flexibility index (Phi) is 6.19. The smallest absolute Gasteiger partial charge is 0.228 e. The minimum absolute atomic E-state index is 0.0649. The first-order valence-corrected chi connectivity index (χ1v) is 9.38. The summed E-state index contributed by atoms with van der Waals surface area (Å²) < 4.78 is 10.5. The van der Waals surface area contributed by atoms with Gasteiger partial charge in [0.15, 0.2) is 11.5 Å². The van der Waals surface area contributed by atoms with Crippen molar-refractivity contribution in [2.75, 3.05) is 26.1 Å². The molecule has 1 aliphatic carbocycles. The van der Waals surface area contributed by atoms with Gasteiger partial charge >= 0.3 is 0 Å². The number of carbonyl (C=O) groups excluding carboxylic acids is 2. The number of benzene rings is 2. The quantitative estimate of drug-likeness (QED) is 0.736. The summed E-state index contributed by atoms with van der Waals surface area (Å²) in [5, 5.41) is 5.82. The third-order valence-electron chi connectivity index (χ3n) is 4.91. The Morgan fingerprint density at radius 2 is 1.75 bits per heavy atom. The zero-order valence-electron chi connectivity index (χ0n) is 16.5. The maximum Gasteiger partial charge on any atom is 0.228 e. The molecule has 1 fully saturated rings. The summed E-state index contributed by atoms with van der Waals surface area (Å²) in [6, 6.07) is 13.3. The summed E-state index contributed by atoms with van der Waals surface area (Å²) in [5.41, 5.74) is 2.89. The molecular formula is C22H26N2O4. The molecule has 2 atom stereocenters. The van der Waals surface area contributed by atoms with Crippen LogP contribution in [-0.4, -0.2) is 32.6 Å². The van der Waals surface area contributed by atoms with Crippen LogP contribution in [-0.2, 0) is 16.0 Å². The highest BCUT2D eigenvalue weighted by molar-refractivity contribution is 5.99. The Labute approximate surface area is 165 Å². The number of hydrogen-bond acceptors (Lipinski definition) is 4. The number of hydrogen-bond donors (Lipinski definition) is 2. The molecule has 2 aromatic carbocycles. The van der Waals surface area contributed by atoms with Gasteiger partial charge in [-0.1, -0.05) is 18.2 Å². The minimum Gasteiger partial charge on any atom is -0.493 e. The van der Waals surface area contributed by atoms with Crippen LogP contribution in [0.15, 0.2) is 42.5 Å². The monoisotopic (exact) mass is 382 g/mol. The highest BCUT2D eigenvalue weighted by atomic mass is 16.5. The Morgan fingerprint density at radius 3 is 2.46 bits per heavy atom. The van der Waals surface area contributed by atoms with Crippen molar-refractivity contribution in [1.82, 2.24) is 5.32 Å². The first kappa shape index (κ1) is 19.7. The van der Waals surface area contributed by atoms with Gasteiger partial charge in [-0.25, -0.2) is 0 Å². The van der Waals surface area contributed by atoms with Gasteiger partial charge < -0.3 is 20.1 Å². The van der Waals surface area contributed by atoms with E-state index >= 15 is 0 Å². The molecule has 1 aliphatic rings. The fourth-order valence-electron chi connectivity index (χ4n) is 3.23. The first-order valence-electron chi connectivity index (χ1n) is 9.38. The number of rotatable bonds is 8. The first-order chi connectivity index (χ1) is 13.5. The SMILES string of the molecule is COc1ccc(CCNC(=O)C2CC2C(=O)Nc2cccc(C)c2)cc1OC. The third-order valence-corrected chi connectivity index (χ3v) is 4.91. The van der Waals surface area contributed by atoms with Crippen LogP contribution in [0.25, 0.3) is 0 Å². The third kappa shape index (κ3) is 4.82. The molecule has 2 unspecified atom stereocenters. The van der Waals surface area contributed by atoms with Gasteiger partial charge in [0.1, 0.15) is 0 Å². The zero-order chi connectivity index (χ0) is 20.1. The lowest BCUT2D eigenvalue weighted by atomic mass is 10.1. The number of nitrogens with one attached hydrogen (secondary N) is 2. The van der Waals surface area contributed by atoms with Crippen LogP contribution in [0.3, 0.4) is 0 Å². The van der Waals surface area contributed by atoms with Gasteiger partial charge in [-0.05, 0) is 55.2 Å². The Hall–Kier alpha value is -3.02. The zero-order valence-corrected chi connectivity index (χ0v) is 16.5. The molecule has 0 bridgehead atoms. The van der Waals surface area contributed by atoms with Crippen LogP contribution in [0.4, 0.5) is 5.69 Å². The topological polar surface area (TPSA) is 76.7 Å². The van der Waals surface area contributed by atoms with Gasteiger partial charge in [-0.15, -0.1) is 0 Å². The maximum absolute atomic E-state index is 12.3. The van der Waals surface area contributed by atoms with E-state index < -0.39 is 0 Å². The summed E-state index contributed by atoms with van der Waals surface area (Å²) >= 11 is 0. The Bertz CT molecular complexity index is 865. The molecule has 148 valence electrons. The largest absolute Gasteiger partial charge is 0.493 e. The number of amides is 2. The fourth-order valence-corrected chi connectivity index (χ4v) is 3.23. The predicted octanol–water partition coefficient (Wildman–Crippen LogP) is 2.95. The lowest BCUT2D eigenvalue weighted by molar-refractivity contribution is -0.125. The van der Waals surface area contributed by atoms with E-state index in [-0.39, 0.29) is 23.7 Å². The van der Waals surface area contributed by atoms with Gasteiger partial charge in [0.2, 0.25) is 11.8 Å². The number of carbonyl (C=O) groups is 2. The van der Waals surface area contributed by atoms with Crippen LogP contribution in [0, 0.1) is 18.8 Å². The molecule has 0 aromatic heterocycles. The van der Waals surface area contributed by atoms with Gasteiger partial charge in [-0.3, -0.25) is 9.59 Å². The summed E-state index contributed by atoms with van der Waals surface area (Å²) in [5.74, 6) is 0.699. The van der Waals surface area contributed by atoms with Crippen molar-refractivity contribution in [3.63, 3.8) is 0 Å². The van der Waals surface area contributed by atoms with E-state index in [2.05, 4.69) is 10.6 Å². The van der Waals surface area contributed by atoms with Crippen molar-refractivity contribution >= 4 is 17.5 Å². The van der Waals surface area contributed by atoms with Gasteiger partial charge in [0.05, 0.1) is 26.1 Å². The molecule has 0 aliphatic heterocycles. The van der Waals surface area contributed by atoms with Gasteiger partial charge in [0.25, 0.3) is 0 Å². The normalized spacial score (nSPS) is 17.5. The second-order valence-electron chi connectivity index (χ2n) is 7.04. The summed E-state index contributed by atoms with van der Waals surface area (Å²) in [4.78, 5) is 24.6. The summed E-state index contributed by atoms with van der Waals surface area (Å²) in [6.07, 6.45) is 1.28. The average molecular weight is 382 g/mol. The molecule has 0 heterocycles. The Morgan fingerprint density at radius 1 is 1.00 bits per heavy atom. The van der Waals surface area contributed by atoms with E-state index in [1.807, 2.05) is 49.4 Å². The highest BCUT2D eigenvalue weighted by Gasteiger charge is 2.47. The Balaban J connectivity index is 1.44. The molecular weight excluding hydrogens is 356 g/mol. The number of ether oxygens (including phenoxy) is 2. The van der Waals surface area contributed by atoms with Crippen molar-refractivity contribution in [1.29, 1.82) is 0 Å². The lowest BCUT2D eigenvalue weighted by Crippen LogP contribution is -2.29. The molecule has 0 saturated heterocycles.